The van der Waals surface area contributed by atoms with E-state index in [2.05, 4.69) is 13.5 Å². The lowest BCUT2D eigenvalue weighted by Gasteiger charge is -2.09. The fourth-order valence-corrected chi connectivity index (χ4v) is 2.98. The van der Waals surface area contributed by atoms with E-state index in [1.165, 1.54) is 38.2 Å². The van der Waals surface area contributed by atoms with E-state index in [0.29, 0.717) is 23.7 Å². The van der Waals surface area contributed by atoms with Crippen molar-refractivity contribution in [2.24, 2.45) is 0 Å². The summed E-state index contributed by atoms with van der Waals surface area (Å²) in [7, 11) is 0. The van der Waals surface area contributed by atoms with Crippen molar-refractivity contribution < 1.29 is 28.5 Å². The highest BCUT2D eigenvalue weighted by Gasteiger charge is 2.08. The number of carbonyl (C=O) groups excluding carboxylic acids is 2. The highest BCUT2D eigenvalue weighted by atomic mass is 16.5. The van der Waals surface area contributed by atoms with Crippen LogP contribution < -0.4 is 14.2 Å². The summed E-state index contributed by atoms with van der Waals surface area (Å²) in [6.07, 6.45) is 8.87. The maximum Gasteiger partial charge on any atom is 0.338 e. The lowest BCUT2D eigenvalue weighted by molar-refractivity contribution is -0.123. The third-order valence-corrected chi connectivity index (χ3v) is 4.81. The summed E-state index contributed by atoms with van der Waals surface area (Å²) in [6, 6.07) is 13.6. The normalized spacial score (nSPS) is 10.3. The molecule has 2 rings (SSSR count). The SMILES string of the molecule is C=CCOC(=O)c1ccc(OCC(=O)COc2ccc(OCCCCCCCC)cc2)cc1. The highest BCUT2D eigenvalue weighted by Crippen LogP contribution is 2.18. The van der Waals surface area contributed by atoms with Gasteiger partial charge >= 0.3 is 5.97 Å². The number of ether oxygens (including phenoxy) is 4. The van der Waals surface area contributed by atoms with Gasteiger partial charge in [-0.2, -0.15) is 0 Å². The molecule has 0 saturated heterocycles. The Labute approximate surface area is 196 Å². The molecule has 0 atom stereocenters. The number of carbonyl (C=O) groups is 2. The van der Waals surface area contributed by atoms with Crippen LogP contribution in [-0.2, 0) is 9.53 Å². The Morgan fingerprint density at radius 1 is 0.758 bits per heavy atom. The van der Waals surface area contributed by atoms with Crippen LogP contribution in [0.15, 0.2) is 61.2 Å². The smallest absolute Gasteiger partial charge is 0.338 e. The number of hydrogen-bond donors (Lipinski definition) is 0. The van der Waals surface area contributed by atoms with Gasteiger partial charge in [0.1, 0.15) is 37.1 Å². The first-order chi connectivity index (χ1) is 16.1. The molecule has 0 unspecified atom stereocenters. The van der Waals surface area contributed by atoms with Crippen molar-refractivity contribution in [1.82, 2.24) is 0 Å². The van der Waals surface area contributed by atoms with E-state index in [9.17, 15) is 9.59 Å². The van der Waals surface area contributed by atoms with Gasteiger partial charge in [-0.05, 0) is 55.0 Å². The van der Waals surface area contributed by atoms with E-state index >= 15 is 0 Å². The molecule has 0 fully saturated rings. The van der Waals surface area contributed by atoms with Gasteiger partial charge in [0, 0.05) is 0 Å². The highest BCUT2D eigenvalue weighted by molar-refractivity contribution is 5.89. The van der Waals surface area contributed by atoms with Crippen LogP contribution in [0.3, 0.4) is 0 Å². The van der Waals surface area contributed by atoms with Gasteiger partial charge in [0.25, 0.3) is 0 Å². The first kappa shape index (κ1) is 26.0. The second-order valence-electron chi connectivity index (χ2n) is 7.62. The molecule has 33 heavy (non-hydrogen) atoms. The van der Waals surface area contributed by atoms with Gasteiger partial charge in [0.05, 0.1) is 12.2 Å². The summed E-state index contributed by atoms with van der Waals surface area (Å²) in [4.78, 5) is 23.8. The maximum atomic E-state index is 12.1. The average molecular weight is 455 g/mol. The van der Waals surface area contributed by atoms with Gasteiger partial charge in [-0.1, -0.05) is 51.7 Å². The molecule has 0 heterocycles. The Morgan fingerprint density at radius 2 is 1.27 bits per heavy atom. The minimum absolute atomic E-state index is 0.0933. The van der Waals surface area contributed by atoms with Crippen LogP contribution >= 0.6 is 0 Å². The Morgan fingerprint density at radius 3 is 1.85 bits per heavy atom. The molecule has 2 aromatic carbocycles. The quantitative estimate of drug-likeness (QED) is 0.171. The summed E-state index contributed by atoms with van der Waals surface area (Å²) in [5.74, 6) is 1.23. The molecule has 6 heteroatoms. The Hall–Kier alpha value is -3.28. The molecule has 0 aromatic heterocycles. The van der Waals surface area contributed by atoms with Crippen LogP contribution in [-0.4, -0.2) is 38.2 Å². The van der Waals surface area contributed by atoms with E-state index in [4.69, 9.17) is 18.9 Å². The fraction of sp³-hybridized carbons (Fsp3) is 0.407. The molecule has 0 aliphatic heterocycles. The van der Waals surface area contributed by atoms with Crippen molar-refractivity contribution in [1.29, 1.82) is 0 Å². The minimum Gasteiger partial charge on any atom is -0.494 e. The monoisotopic (exact) mass is 454 g/mol. The number of hydrogen-bond acceptors (Lipinski definition) is 6. The van der Waals surface area contributed by atoms with Gasteiger partial charge in [0.15, 0.2) is 0 Å². The third kappa shape index (κ3) is 10.7. The largest absolute Gasteiger partial charge is 0.494 e. The lowest BCUT2D eigenvalue weighted by atomic mass is 10.1. The zero-order valence-corrected chi connectivity index (χ0v) is 19.4. The molecular formula is C27H34O6. The number of unbranched alkanes of at least 4 members (excludes halogenated alkanes) is 5. The van der Waals surface area contributed by atoms with E-state index < -0.39 is 5.97 Å². The zero-order chi connectivity index (χ0) is 23.7. The molecule has 0 aliphatic carbocycles. The summed E-state index contributed by atoms with van der Waals surface area (Å²) in [6.45, 7) is 6.36. The standard InChI is InChI=1S/C27H34O6/c1-3-5-6-7-8-9-19-30-24-14-16-26(17-15-24)33-21-23(28)20-32-25-12-10-22(11-13-25)27(29)31-18-4-2/h4,10-17H,2-3,5-9,18-21H2,1H3. The molecular weight excluding hydrogens is 420 g/mol. The molecule has 6 nitrogen and oxygen atoms in total. The predicted octanol–water partition coefficient (Wildman–Crippen LogP) is 5.80. The summed E-state index contributed by atoms with van der Waals surface area (Å²) < 4.78 is 21.7. The summed E-state index contributed by atoms with van der Waals surface area (Å²) in [5.41, 5.74) is 0.401. The van der Waals surface area contributed by atoms with Gasteiger partial charge in [0.2, 0.25) is 5.78 Å². The van der Waals surface area contributed by atoms with E-state index in [0.717, 1.165) is 12.2 Å². The molecule has 0 radical (unpaired) electrons. The van der Waals surface area contributed by atoms with Crippen molar-refractivity contribution in [3.05, 3.63) is 66.7 Å². The molecule has 178 valence electrons. The number of Topliss-reactive ketones (excluding diaryl/α,β-unsaturated/α-hetero) is 1. The van der Waals surface area contributed by atoms with Crippen molar-refractivity contribution in [3.63, 3.8) is 0 Å². The average Bonchev–Trinajstić information content (AvgIpc) is 2.85. The third-order valence-electron chi connectivity index (χ3n) is 4.81. The van der Waals surface area contributed by atoms with Crippen LogP contribution in [0.1, 0.15) is 55.8 Å². The zero-order valence-electron chi connectivity index (χ0n) is 19.4. The van der Waals surface area contributed by atoms with Crippen molar-refractivity contribution in [3.8, 4) is 17.2 Å². The topological polar surface area (TPSA) is 71.1 Å². The van der Waals surface area contributed by atoms with Crippen LogP contribution in [0.2, 0.25) is 0 Å². The van der Waals surface area contributed by atoms with Crippen LogP contribution in [0.25, 0.3) is 0 Å². The molecule has 0 bridgehead atoms. The summed E-state index contributed by atoms with van der Waals surface area (Å²) >= 11 is 0. The molecule has 2 aromatic rings. The number of esters is 1. The van der Waals surface area contributed by atoms with Crippen LogP contribution in [0.5, 0.6) is 17.2 Å². The molecule has 0 amide bonds. The first-order valence-corrected chi connectivity index (χ1v) is 11.5. The Kier molecular flexibility index (Phi) is 12.2. The maximum absolute atomic E-state index is 12.1. The second kappa shape index (κ2) is 15.5. The molecule has 0 saturated carbocycles. The van der Waals surface area contributed by atoms with E-state index in [-0.39, 0.29) is 25.6 Å². The van der Waals surface area contributed by atoms with E-state index in [1.54, 1.807) is 36.4 Å². The summed E-state index contributed by atoms with van der Waals surface area (Å²) in [5, 5.41) is 0. The number of ketones is 1. The number of benzene rings is 2. The number of rotatable bonds is 17. The van der Waals surface area contributed by atoms with E-state index in [1.807, 2.05) is 12.1 Å². The lowest BCUT2D eigenvalue weighted by Crippen LogP contribution is -2.19. The van der Waals surface area contributed by atoms with Crippen LogP contribution in [0.4, 0.5) is 0 Å². The van der Waals surface area contributed by atoms with Crippen LogP contribution in [0, 0.1) is 0 Å². The van der Waals surface area contributed by atoms with Gasteiger partial charge in [-0.25, -0.2) is 4.79 Å². The molecule has 0 aliphatic rings. The van der Waals surface area contributed by atoms with Crippen molar-refractivity contribution >= 4 is 11.8 Å². The molecule has 0 N–H and O–H groups in total. The van der Waals surface area contributed by atoms with Crippen molar-refractivity contribution in [2.75, 3.05) is 26.4 Å². The fourth-order valence-electron chi connectivity index (χ4n) is 2.98. The second-order valence-corrected chi connectivity index (χ2v) is 7.62. The Balaban J connectivity index is 1.63. The van der Waals surface area contributed by atoms with Gasteiger partial charge in [-0.15, -0.1) is 0 Å². The Bertz CT molecular complexity index is 842. The van der Waals surface area contributed by atoms with Crippen molar-refractivity contribution in [2.45, 2.75) is 45.4 Å². The minimum atomic E-state index is -0.440. The van der Waals surface area contributed by atoms with Gasteiger partial charge in [-0.3, -0.25) is 4.79 Å². The molecule has 0 spiro atoms. The van der Waals surface area contributed by atoms with Gasteiger partial charge < -0.3 is 18.9 Å². The first-order valence-electron chi connectivity index (χ1n) is 11.5. The predicted molar refractivity (Wildman–Crippen MR) is 128 cm³/mol.